The summed E-state index contributed by atoms with van der Waals surface area (Å²) in [5, 5.41) is 0. The fraction of sp³-hybridized carbons (Fsp3) is 0.429. The summed E-state index contributed by atoms with van der Waals surface area (Å²) in [5.41, 5.74) is 1.10. The third kappa shape index (κ3) is 12.2. The van der Waals surface area contributed by atoms with E-state index in [1.165, 1.54) is 6.33 Å². The second kappa shape index (κ2) is 15.2. The molecule has 0 spiro atoms. The zero-order valence-electron chi connectivity index (χ0n) is 12.3. The minimum atomic E-state index is 0.822. The van der Waals surface area contributed by atoms with Gasteiger partial charge < -0.3 is 0 Å². The lowest BCUT2D eigenvalue weighted by atomic mass is 10.4. The first kappa shape index (κ1) is 18.5. The second-order valence-corrected chi connectivity index (χ2v) is 2.71. The highest BCUT2D eigenvalue weighted by Crippen LogP contribution is 1.84. The summed E-state index contributed by atoms with van der Waals surface area (Å²) in [6, 6.07) is 1.80. The number of hydrogen-bond donors (Lipinski definition) is 0. The van der Waals surface area contributed by atoms with Crippen molar-refractivity contribution in [2.75, 3.05) is 0 Å². The van der Waals surface area contributed by atoms with Crippen molar-refractivity contribution >= 4 is 0 Å². The summed E-state index contributed by atoms with van der Waals surface area (Å²) >= 11 is 0. The lowest BCUT2D eigenvalue weighted by Crippen LogP contribution is -1.80. The number of aryl methyl sites for hydroxylation is 2. The maximum atomic E-state index is 3.87. The monoisotopic (exact) mass is 248 g/mol. The Morgan fingerprint density at radius 1 is 0.778 bits per heavy atom. The van der Waals surface area contributed by atoms with Crippen molar-refractivity contribution in [2.45, 2.75) is 41.5 Å². The largest absolute Gasteiger partial charge is 0.245 e. The van der Waals surface area contributed by atoms with Crippen molar-refractivity contribution in [1.82, 2.24) is 19.9 Å². The average molecular weight is 248 g/mol. The van der Waals surface area contributed by atoms with Gasteiger partial charge in [-0.15, -0.1) is 0 Å². The number of hydrogen-bond acceptors (Lipinski definition) is 4. The van der Waals surface area contributed by atoms with E-state index in [0.29, 0.717) is 0 Å². The Labute approximate surface area is 111 Å². The summed E-state index contributed by atoms with van der Waals surface area (Å²) in [6.45, 7) is 11.8. The molecule has 0 unspecified atom stereocenters. The topological polar surface area (TPSA) is 51.6 Å². The first-order valence-electron chi connectivity index (χ1n) is 6.24. The molecule has 0 aliphatic carbocycles. The van der Waals surface area contributed by atoms with Gasteiger partial charge in [-0.3, -0.25) is 0 Å². The molecule has 0 bridgehead atoms. The maximum absolute atomic E-state index is 3.87. The fourth-order valence-electron chi connectivity index (χ4n) is 0.747. The quantitative estimate of drug-likeness (QED) is 0.714. The lowest BCUT2D eigenvalue weighted by molar-refractivity contribution is 1.05. The Hall–Kier alpha value is -1.84. The molecule has 2 aromatic heterocycles. The van der Waals surface area contributed by atoms with Crippen LogP contribution in [0.15, 0.2) is 37.2 Å². The van der Waals surface area contributed by atoms with E-state index in [9.17, 15) is 0 Å². The molecule has 0 fully saturated rings. The molecular weight excluding hydrogens is 224 g/mol. The predicted octanol–water partition coefficient (Wildman–Crippen LogP) is 3.62. The van der Waals surface area contributed by atoms with Crippen LogP contribution in [-0.2, 0) is 0 Å². The van der Waals surface area contributed by atoms with Gasteiger partial charge in [-0.25, -0.2) is 19.9 Å². The predicted molar refractivity (Wildman–Crippen MR) is 76.2 cm³/mol. The third-order valence-corrected chi connectivity index (χ3v) is 1.38. The zero-order valence-corrected chi connectivity index (χ0v) is 12.3. The van der Waals surface area contributed by atoms with Crippen LogP contribution in [0.2, 0.25) is 0 Å². The molecule has 2 rings (SSSR count). The van der Waals surface area contributed by atoms with E-state index < -0.39 is 0 Å². The Morgan fingerprint density at radius 3 is 1.44 bits per heavy atom. The van der Waals surface area contributed by atoms with Gasteiger partial charge in [0, 0.05) is 24.8 Å². The van der Waals surface area contributed by atoms with Crippen molar-refractivity contribution in [3.8, 4) is 0 Å². The number of aromatic nitrogens is 4. The summed E-state index contributed by atoms with van der Waals surface area (Å²) in [6.07, 6.45) is 8.51. The van der Waals surface area contributed by atoms with E-state index in [2.05, 4.69) is 19.9 Å². The first-order chi connectivity index (χ1) is 8.79. The molecule has 0 aliphatic rings. The third-order valence-electron chi connectivity index (χ3n) is 1.38. The molecule has 0 atom stereocenters. The Morgan fingerprint density at radius 2 is 1.22 bits per heavy atom. The average Bonchev–Trinajstić information content (AvgIpc) is 2.46. The summed E-state index contributed by atoms with van der Waals surface area (Å²) in [7, 11) is 0. The van der Waals surface area contributed by atoms with Crippen molar-refractivity contribution in [3.63, 3.8) is 0 Å². The minimum Gasteiger partial charge on any atom is -0.245 e. The van der Waals surface area contributed by atoms with Gasteiger partial charge in [0.2, 0.25) is 0 Å². The molecule has 100 valence electrons. The van der Waals surface area contributed by atoms with Gasteiger partial charge in [-0.2, -0.15) is 0 Å². The van der Waals surface area contributed by atoms with Crippen molar-refractivity contribution < 1.29 is 0 Å². The van der Waals surface area contributed by atoms with E-state index in [0.717, 1.165) is 11.4 Å². The van der Waals surface area contributed by atoms with E-state index in [1.807, 2.05) is 41.5 Å². The van der Waals surface area contributed by atoms with Crippen LogP contribution in [0.1, 0.15) is 39.1 Å². The molecule has 2 aromatic rings. The van der Waals surface area contributed by atoms with Gasteiger partial charge in [0.25, 0.3) is 0 Å². The minimum absolute atomic E-state index is 0.822. The van der Waals surface area contributed by atoms with E-state index in [4.69, 9.17) is 0 Å². The highest BCUT2D eigenvalue weighted by molar-refractivity contribution is 4.96. The van der Waals surface area contributed by atoms with Crippen molar-refractivity contribution in [2.24, 2.45) is 0 Å². The van der Waals surface area contributed by atoms with Crippen LogP contribution < -0.4 is 0 Å². The molecule has 2 heterocycles. The van der Waals surface area contributed by atoms with E-state index >= 15 is 0 Å². The van der Waals surface area contributed by atoms with E-state index in [-0.39, 0.29) is 0 Å². The molecule has 0 aromatic carbocycles. The lowest BCUT2D eigenvalue weighted by Gasteiger charge is -1.81. The molecule has 4 heteroatoms. The standard InChI is InChI=1S/2C5H6N2.2C2H6/c1-5-2-6-4-7-3-5;1-5-6-3-2-4-7-5;2*1-2/h2*2-4H,1H3;2*1-2H3. The highest BCUT2D eigenvalue weighted by Gasteiger charge is 1.75. The molecule has 0 N–H and O–H groups in total. The van der Waals surface area contributed by atoms with Crippen molar-refractivity contribution in [3.05, 3.63) is 48.6 Å². The Kier molecular flexibility index (Phi) is 15.6. The maximum Gasteiger partial charge on any atom is 0.125 e. The van der Waals surface area contributed by atoms with Crippen LogP contribution in [0.4, 0.5) is 0 Å². The van der Waals surface area contributed by atoms with Crippen LogP contribution in [0.25, 0.3) is 0 Å². The van der Waals surface area contributed by atoms with Gasteiger partial charge in [0.05, 0.1) is 0 Å². The first-order valence-corrected chi connectivity index (χ1v) is 6.24. The van der Waals surface area contributed by atoms with Crippen LogP contribution >= 0.6 is 0 Å². The molecule has 0 saturated carbocycles. The second-order valence-electron chi connectivity index (χ2n) is 2.71. The molecule has 0 saturated heterocycles. The SMILES string of the molecule is CC.CC.Cc1cncnc1.Cc1ncccn1. The van der Waals surface area contributed by atoms with Crippen LogP contribution in [0, 0.1) is 13.8 Å². The van der Waals surface area contributed by atoms with Crippen LogP contribution in [-0.4, -0.2) is 19.9 Å². The molecule has 0 amide bonds. The fourth-order valence-corrected chi connectivity index (χ4v) is 0.747. The molecule has 0 aliphatic heterocycles. The molecule has 4 nitrogen and oxygen atoms in total. The van der Waals surface area contributed by atoms with Gasteiger partial charge in [0.15, 0.2) is 0 Å². The van der Waals surface area contributed by atoms with Crippen molar-refractivity contribution in [1.29, 1.82) is 0 Å². The molecular formula is C14H24N4. The van der Waals surface area contributed by atoms with E-state index in [1.54, 1.807) is 30.9 Å². The molecule has 18 heavy (non-hydrogen) atoms. The van der Waals surface area contributed by atoms with Gasteiger partial charge in [0.1, 0.15) is 12.2 Å². The Bertz CT molecular complexity index is 311. The number of nitrogens with zero attached hydrogens (tertiary/aromatic N) is 4. The summed E-state index contributed by atoms with van der Waals surface area (Å²) in [5.74, 6) is 0.822. The summed E-state index contributed by atoms with van der Waals surface area (Å²) < 4.78 is 0. The molecule has 0 radical (unpaired) electrons. The van der Waals surface area contributed by atoms with Gasteiger partial charge in [-0.05, 0) is 25.5 Å². The zero-order chi connectivity index (χ0) is 14.2. The normalized spacial score (nSPS) is 7.44. The van der Waals surface area contributed by atoms with Crippen LogP contribution in [0.5, 0.6) is 0 Å². The van der Waals surface area contributed by atoms with Crippen LogP contribution in [0.3, 0.4) is 0 Å². The van der Waals surface area contributed by atoms with Gasteiger partial charge >= 0.3 is 0 Å². The number of rotatable bonds is 0. The summed E-state index contributed by atoms with van der Waals surface area (Å²) in [4.78, 5) is 15.3. The van der Waals surface area contributed by atoms with Gasteiger partial charge in [-0.1, -0.05) is 27.7 Å². The highest BCUT2D eigenvalue weighted by atomic mass is 14.8. The smallest absolute Gasteiger partial charge is 0.125 e. The Balaban J connectivity index is 0.